The Morgan fingerprint density at radius 1 is 0.839 bits per heavy atom. The largest absolute Gasteiger partial charge is 0.478 e. The van der Waals surface area contributed by atoms with E-state index in [0.29, 0.717) is 25.2 Å². The van der Waals surface area contributed by atoms with Gasteiger partial charge in [0, 0.05) is 32.2 Å². The first kappa shape index (κ1) is 59.7. The summed E-state index contributed by atoms with van der Waals surface area (Å²) in [5.74, 6) is 3.84. The zero-order valence-electron chi connectivity index (χ0n) is 36.5. The van der Waals surface area contributed by atoms with Gasteiger partial charge in [-0.05, 0) is 48.4 Å². The number of nitrogens with one attached hydrogen (secondary N) is 6. The molecular weight excluding hydrogens is 805 g/mol. The quantitative estimate of drug-likeness (QED) is 0.0274. The van der Waals surface area contributed by atoms with Crippen LogP contribution in [0.25, 0.3) is 0 Å². The van der Waals surface area contributed by atoms with Crippen molar-refractivity contribution in [2.45, 2.75) is 72.4 Å². The second kappa shape index (κ2) is 35.2. The van der Waals surface area contributed by atoms with E-state index in [4.69, 9.17) is 32.8 Å². The highest BCUT2D eigenvalue weighted by Crippen LogP contribution is 2.15. The minimum atomic E-state index is -1.18. The van der Waals surface area contributed by atoms with Crippen molar-refractivity contribution in [1.82, 2.24) is 26.2 Å². The highest BCUT2D eigenvalue weighted by Gasteiger charge is 2.29. The van der Waals surface area contributed by atoms with Crippen molar-refractivity contribution in [3.8, 4) is 12.8 Å². The van der Waals surface area contributed by atoms with Crippen molar-refractivity contribution < 1.29 is 43.8 Å². The van der Waals surface area contributed by atoms with Crippen LogP contribution in [0.5, 0.6) is 0 Å². The van der Waals surface area contributed by atoms with Crippen LogP contribution >= 0.6 is 0 Å². The molecule has 0 bridgehead atoms. The number of hydrogen-bond donors (Lipinski definition) is 13. The van der Waals surface area contributed by atoms with Crippen molar-refractivity contribution in [2.75, 3.05) is 45.2 Å². The fourth-order valence-corrected chi connectivity index (χ4v) is 4.73. The van der Waals surface area contributed by atoms with Crippen molar-refractivity contribution >= 4 is 53.0 Å². The lowest BCUT2D eigenvalue weighted by atomic mass is 10.0. The molecule has 3 rings (SSSR count). The number of carboxylic acids is 2. The predicted octanol–water partition coefficient (Wildman–Crippen LogP) is -0.248. The molecule has 2 aromatic rings. The second-order valence-corrected chi connectivity index (χ2v) is 13.6. The van der Waals surface area contributed by atoms with Crippen LogP contribution in [0.1, 0.15) is 80.2 Å². The number of carboxylic acid groups (broad SMARTS) is 2. The first-order chi connectivity index (χ1) is 29.3. The summed E-state index contributed by atoms with van der Waals surface area (Å²) < 4.78 is 0. The van der Waals surface area contributed by atoms with Crippen LogP contribution in [-0.4, -0.2) is 114 Å². The van der Waals surface area contributed by atoms with Gasteiger partial charge in [0.25, 0.3) is 5.91 Å². The second-order valence-electron chi connectivity index (χ2n) is 13.6. The van der Waals surface area contributed by atoms with Crippen LogP contribution in [0.4, 0.5) is 5.69 Å². The third kappa shape index (κ3) is 26.5. The monoisotopic (exact) mass is 873 g/mol. The van der Waals surface area contributed by atoms with E-state index in [9.17, 15) is 33.6 Å². The SMILES string of the molecule is C#C.CC(C)C(NC(=O)CN)C(=O)NCC(=O)N[C@@H](Cc1ccccc1)C(=O)N1CCCC1.CCC(C)C.CNC(=O)C(=N)N.NCNc1cc(C(=O)O)cc(C(=O)O)c1.NN. The van der Waals surface area contributed by atoms with E-state index in [2.05, 4.69) is 71.9 Å². The average Bonchev–Trinajstić information content (AvgIpc) is 3.81. The number of carbonyl (C=O) groups is 7. The van der Waals surface area contributed by atoms with Gasteiger partial charge in [-0.25, -0.2) is 9.59 Å². The van der Waals surface area contributed by atoms with Crippen LogP contribution in [0.15, 0.2) is 48.5 Å². The lowest BCUT2D eigenvalue weighted by Crippen LogP contribution is -2.54. The standard InChI is InChI=1S/C22H33N5O4.C9H10N2O4.C5H12.C3H7N3O.C2H2.H4N2/c1-15(2)20(26-18(28)13-23)21(30)24-14-19(29)25-17(12-16-8-4-3-5-9-16)22(31)27-10-6-7-11-27;10-4-11-7-2-5(8(12)13)1-6(3-7)9(14)15;1-4-5(2)3;1-6-3(7)2(4)5;2*1-2/h3-5,8-9,15,17,20H,6-7,10-14,23H2,1-2H3,(H,24,30)(H,25,29)(H,26,28);1-3,11H,4,10H2,(H,12,13)(H,14,15);5H,4H2,1-3H3;1H3,(H3,4,5)(H,6,7);1-2H;1-2H2/t17-,20?;;;;;/m0...../s1. The number of amidine groups is 1. The zero-order chi connectivity index (χ0) is 48.4. The first-order valence-corrected chi connectivity index (χ1v) is 19.5. The molecule has 1 fully saturated rings. The molecule has 1 aliphatic heterocycles. The fourth-order valence-electron chi connectivity index (χ4n) is 4.73. The van der Waals surface area contributed by atoms with E-state index >= 15 is 0 Å². The van der Waals surface area contributed by atoms with Gasteiger partial charge in [0.15, 0.2) is 5.84 Å². The molecule has 1 heterocycles. The average molecular weight is 873 g/mol. The molecule has 2 aromatic carbocycles. The maximum atomic E-state index is 12.9. The summed E-state index contributed by atoms with van der Waals surface area (Å²) in [7, 11) is 1.42. The van der Waals surface area contributed by atoms with E-state index in [1.807, 2.05) is 30.3 Å². The number of nitrogens with zero attached hydrogens (tertiary/aromatic N) is 1. The molecule has 1 aliphatic rings. The number of likely N-dealkylation sites (N-methyl/N-ethyl adjacent to an activating group) is 1. The number of likely N-dealkylation sites (tertiary alicyclic amines) is 1. The first-order valence-electron chi connectivity index (χ1n) is 19.5. The fraction of sp³-hybridized carbons (Fsp3) is 0.463. The van der Waals surface area contributed by atoms with Crippen LogP contribution in [0.3, 0.4) is 0 Å². The summed E-state index contributed by atoms with van der Waals surface area (Å²) in [5, 5.41) is 36.6. The Kier molecular flexibility index (Phi) is 33.9. The van der Waals surface area contributed by atoms with Crippen LogP contribution in [0, 0.1) is 30.1 Å². The van der Waals surface area contributed by atoms with Gasteiger partial charge in [0.1, 0.15) is 12.1 Å². The number of aromatic carboxylic acids is 2. The summed E-state index contributed by atoms with van der Waals surface area (Å²) in [5.41, 5.74) is 16.3. The van der Waals surface area contributed by atoms with Crippen LogP contribution in [-0.2, 0) is 30.4 Å². The third-order valence-electron chi connectivity index (χ3n) is 8.23. The molecule has 21 heteroatoms. The lowest BCUT2D eigenvalue weighted by molar-refractivity contribution is -0.135. The van der Waals surface area contributed by atoms with Crippen molar-refractivity contribution in [3.63, 3.8) is 0 Å². The number of hydrazine groups is 1. The highest BCUT2D eigenvalue weighted by molar-refractivity contribution is 6.35. The molecule has 5 amide bonds. The Labute approximate surface area is 364 Å². The topological polar surface area (TPSA) is 377 Å². The van der Waals surface area contributed by atoms with Gasteiger partial charge in [-0.15, -0.1) is 12.8 Å². The number of rotatable bonds is 15. The highest BCUT2D eigenvalue weighted by atomic mass is 16.4. The summed E-state index contributed by atoms with van der Waals surface area (Å²) in [4.78, 5) is 82.6. The Morgan fingerprint density at radius 3 is 1.71 bits per heavy atom. The molecule has 21 nitrogen and oxygen atoms in total. The summed E-state index contributed by atoms with van der Waals surface area (Å²) >= 11 is 0. The Hall–Kier alpha value is -6.60. The number of nitrogens with two attached hydrogens (primary N) is 5. The number of benzene rings is 2. The van der Waals surface area contributed by atoms with Gasteiger partial charge in [-0.2, -0.15) is 0 Å². The zero-order valence-corrected chi connectivity index (χ0v) is 36.5. The number of terminal acetylenes is 1. The van der Waals surface area contributed by atoms with E-state index in [1.54, 1.807) is 18.7 Å². The molecular formula is C41H68N12O9. The molecule has 1 saturated heterocycles. The molecule has 2 atom stereocenters. The van der Waals surface area contributed by atoms with E-state index in [0.717, 1.165) is 30.4 Å². The van der Waals surface area contributed by atoms with Crippen molar-refractivity contribution in [3.05, 3.63) is 65.2 Å². The number of amides is 5. The van der Waals surface area contributed by atoms with Crippen molar-refractivity contribution in [2.24, 2.45) is 40.7 Å². The van der Waals surface area contributed by atoms with Gasteiger partial charge in [0.05, 0.1) is 30.9 Å². The smallest absolute Gasteiger partial charge is 0.335 e. The maximum Gasteiger partial charge on any atom is 0.335 e. The molecule has 1 unspecified atom stereocenters. The van der Waals surface area contributed by atoms with Gasteiger partial charge in [0.2, 0.25) is 23.6 Å². The van der Waals surface area contributed by atoms with Gasteiger partial charge in [-0.1, -0.05) is 71.4 Å². The number of anilines is 1. The Bertz CT molecular complexity index is 1670. The molecule has 0 saturated carbocycles. The Morgan fingerprint density at radius 2 is 1.34 bits per heavy atom. The van der Waals surface area contributed by atoms with Gasteiger partial charge >= 0.3 is 11.9 Å². The molecule has 0 aliphatic carbocycles. The molecule has 346 valence electrons. The summed E-state index contributed by atoms with van der Waals surface area (Å²) in [6.07, 6.45) is 11.6. The van der Waals surface area contributed by atoms with E-state index < -0.39 is 53.5 Å². The van der Waals surface area contributed by atoms with Crippen LogP contribution in [0.2, 0.25) is 0 Å². The maximum absolute atomic E-state index is 12.9. The summed E-state index contributed by atoms with van der Waals surface area (Å²) in [6, 6.07) is 11.7. The predicted molar refractivity (Wildman–Crippen MR) is 239 cm³/mol. The summed E-state index contributed by atoms with van der Waals surface area (Å²) in [6.45, 7) is 11.2. The minimum absolute atomic E-state index is 0.0918. The number of carbonyl (C=O) groups excluding carboxylic acids is 5. The van der Waals surface area contributed by atoms with Gasteiger partial charge in [-0.3, -0.25) is 41.1 Å². The van der Waals surface area contributed by atoms with Gasteiger partial charge < -0.3 is 58.9 Å². The minimum Gasteiger partial charge on any atom is -0.478 e. The van der Waals surface area contributed by atoms with Crippen molar-refractivity contribution in [1.29, 1.82) is 5.41 Å². The molecule has 0 radical (unpaired) electrons. The third-order valence-corrected chi connectivity index (χ3v) is 8.23. The van der Waals surface area contributed by atoms with E-state index in [-0.39, 0.29) is 42.7 Å². The molecule has 0 spiro atoms. The molecule has 0 aromatic heterocycles. The molecule has 18 N–H and O–H groups in total. The normalized spacial score (nSPS) is 11.7. The lowest BCUT2D eigenvalue weighted by Gasteiger charge is -2.25. The Balaban J connectivity index is -0.000000923. The number of hydrogen-bond acceptors (Lipinski definition) is 13. The van der Waals surface area contributed by atoms with Crippen LogP contribution < -0.4 is 55.5 Å². The molecule has 62 heavy (non-hydrogen) atoms. The van der Waals surface area contributed by atoms with E-state index in [1.165, 1.54) is 25.6 Å².